The van der Waals surface area contributed by atoms with E-state index in [1.165, 1.54) is 57.9 Å². The molecule has 0 amide bonds. The van der Waals surface area contributed by atoms with Crippen LogP contribution in [-0.4, -0.2) is 23.0 Å². The average molecular weight is 311 g/mol. The van der Waals surface area contributed by atoms with E-state index in [4.69, 9.17) is 0 Å². The van der Waals surface area contributed by atoms with E-state index in [0.717, 1.165) is 11.8 Å². The lowest BCUT2D eigenvalue weighted by Crippen LogP contribution is -2.76. The number of pyridine rings is 1. The molecule has 4 heterocycles. The van der Waals surface area contributed by atoms with Crippen molar-refractivity contribution in [1.82, 2.24) is 4.90 Å². The smallest absolute Gasteiger partial charge is 0.188 e. The highest BCUT2D eigenvalue weighted by atomic mass is 15.3. The lowest BCUT2D eigenvalue weighted by atomic mass is 9.47. The topological polar surface area (TPSA) is 7.12 Å². The Morgan fingerprint density at radius 1 is 1.13 bits per heavy atom. The molecule has 23 heavy (non-hydrogen) atoms. The van der Waals surface area contributed by atoms with Crippen LogP contribution < -0.4 is 4.57 Å². The summed E-state index contributed by atoms with van der Waals surface area (Å²) in [5.74, 6) is 1.89. The van der Waals surface area contributed by atoms with Gasteiger partial charge >= 0.3 is 0 Å². The summed E-state index contributed by atoms with van der Waals surface area (Å²) in [5, 5.41) is 0. The Balaban J connectivity index is 1.61. The number of hydrogen-bond donors (Lipinski definition) is 0. The molecule has 124 valence electrons. The van der Waals surface area contributed by atoms with Gasteiger partial charge in [-0.1, -0.05) is 25.3 Å². The summed E-state index contributed by atoms with van der Waals surface area (Å²) in [6.07, 6.45) is 14.0. The predicted molar refractivity (Wildman–Crippen MR) is 92.1 cm³/mol. The molecule has 2 nitrogen and oxygen atoms in total. The highest BCUT2D eigenvalue weighted by Gasteiger charge is 2.66. The molecule has 0 aromatic carbocycles. The van der Waals surface area contributed by atoms with E-state index >= 15 is 0 Å². The second-order valence-corrected chi connectivity index (χ2v) is 9.05. The van der Waals surface area contributed by atoms with E-state index in [1.807, 2.05) is 0 Å². The Labute approximate surface area is 140 Å². The zero-order valence-corrected chi connectivity index (χ0v) is 14.8. The molecule has 3 aliphatic heterocycles. The van der Waals surface area contributed by atoms with Crippen LogP contribution in [0, 0.1) is 11.8 Å². The summed E-state index contributed by atoms with van der Waals surface area (Å²) in [6.45, 7) is 3.94. The van der Waals surface area contributed by atoms with Crippen LogP contribution in [0.5, 0.6) is 0 Å². The average Bonchev–Trinajstić information content (AvgIpc) is 2.58. The fourth-order valence-corrected chi connectivity index (χ4v) is 7.36. The molecular formula is C21H31N2+. The first kappa shape index (κ1) is 14.5. The molecule has 1 aromatic rings. The van der Waals surface area contributed by atoms with Crippen molar-refractivity contribution in [3.05, 3.63) is 30.1 Å². The van der Waals surface area contributed by atoms with Gasteiger partial charge in [-0.3, -0.25) is 4.90 Å². The van der Waals surface area contributed by atoms with E-state index < -0.39 is 0 Å². The van der Waals surface area contributed by atoms with Crippen LogP contribution in [0.1, 0.15) is 64.0 Å². The number of rotatable bonds is 1. The number of aryl methyl sites for hydroxylation is 1. The maximum absolute atomic E-state index is 3.02. The Kier molecular flexibility index (Phi) is 3.03. The molecule has 1 aromatic heterocycles. The van der Waals surface area contributed by atoms with Crippen molar-refractivity contribution in [2.24, 2.45) is 18.9 Å². The van der Waals surface area contributed by atoms with E-state index in [-0.39, 0.29) is 0 Å². The third kappa shape index (κ3) is 1.76. The second kappa shape index (κ2) is 4.81. The Bertz CT molecular complexity index is 618. The van der Waals surface area contributed by atoms with Gasteiger partial charge < -0.3 is 0 Å². The molecule has 0 N–H and O–H groups in total. The van der Waals surface area contributed by atoms with Crippen molar-refractivity contribution in [1.29, 1.82) is 0 Å². The predicted octanol–water partition coefficient (Wildman–Crippen LogP) is 3.59. The van der Waals surface area contributed by atoms with Gasteiger partial charge in [0.05, 0.1) is 5.41 Å². The standard InChI is InChI=1S/C21H31N2/c1-16-20(19-8-4-7-11-22(19)2)13-17-12-18(14-20)21(23(16)15-17)9-5-3-6-10-21/h4,7-8,11,16-18H,3,5-6,9-10,12-15H2,1-2H3/q+1. The Morgan fingerprint density at radius 3 is 2.74 bits per heavy atom. The first-order valence-corrected chi connectivity index (χ1v) is 9.88. The first-order chi connectivity index (χ1) is 11.2. The number of nitrogens with zero attached hydrogens (tertiary/aromatic N) is 2. The zero-order valence-electron chi connectivity index (χ0n) is 14.8. The van der Waals surface area contributed by atoms with Crippen molar-refractivity contribution < 1.29 is 4.57 Å². The van der Waals surface area contributed by atoms with Crippen LogP contribution in [-0.2, 0) is 12.5 Å². The van der Waals surface area contributed by atoms with Gasteiger partial charge in [0.1, 0.15) is 7.05 Å². The Hall–Kier alpha value is -0.890. The molecule has 2 saturated carbocycles. The SMILES string of the molecule is CC1N2CC3CC(CC1(c1cccc[n+]1C)C3)C21CCCCC1. The quantitative estimate of drug-likeness (QED) is 0.719. The van der Waals surface area contributed by atoms with Crippen molar-refractivity contribution in [3.63, 3.8) is 0 Å². The minimum Gasteiger partial charge on any atom is -0.293 e. The van der Waals surface area contributed by atoms with Crippen LogP contribution >= 0.6 is 0 Å². The van der Waals surface area contributed by atoms with Crippen molar-refractivity contribution in [2.75, 3.05) is 6.54 Å². The lowest BCUT2D eigenvalue weighted by Gasteiger charge is -2.70. The summed E-state index contributed by atoms with van der Waals surface area (Å²) >= 11 is 0. The molecule has 0 radical (unpaired) electrons. The van der Waals surface area contributed by atoms with Gasteiger partial charge in [-0.05, 0) is 50.9 Å². The molecule has 1 spiro atoms. The van der Waals surface area contributed by atoms with E-state index in [1.54, 1.807) is 5.69 Å². The molecule has 5 atom stereocenters. The van der Waals surface area contributed by atoms with Crippen molar-refractivity contribution >= 4 is 0 Å². The number of piperidine rings is 3. The van der Waals surface area contributed by atoms with Crippen LogP contribution in [0.15, 0.2) is 24.4 Å². The van der Waals surface area contributed by atoms with Gasteiger partial charge in [0.2, 0.25) is 0 Å². The molecule has 6 rings (SSSR count). The molecule has 5 unspecified atom stereocenters. The monoisotopic (exact) mass is 311 g/mol. The fourth-order valence-electron chi connectivity index (χ4n) is 7.36. The molecule has 5 fully saturated rings. The van der Waals surface area contributed by atoms with Gasteiger partial charge in [-0.25, -0.2) is 4.57 Å². The Morgan fingerprint density at radius 2 is 1.96 bits per heavy atom. The molecule has 4 bridgehead atoms. The molecule has 2 aliphatic carbocycles. The summed E-state index contributed by atoms with van der Waals surface area (Å²) < 4.78 is 2.41. The fraction of sp³-hybridized carbons (Fsp3) is 0.762. The molecule has 2 heteroatoms. The summed E-state index contributed by atoms with van der Waals surface area (Å²) in [4.78, 5) is 3.02. The van der Waals surface area contributed by atoms with Gasteiger partial charge in [-0.2, -0.15) is 0 Å². The first-order valence-electron chi connectivity index (χ1n) is 9.88. The lowest BCUT2D eigenvalue weighted by molar-refractivity contribution is -0.684. The molecular weight excluding hydrogens is 280 g/mol. The maximum atomic E-state index is 3.02. The highest BCUT2D eigenvalue weighted by Crippen LogP contribution is 2.63. The van der Waals surface area contributed by atoms with Crippen molar-refractivity contribution in [3.8, 4) is 0 Å². The molecule has 3 saturated heterocycles. The van der Waals surface area contributed by atoms with Crippen molar-refractivity contribution in [2.45, 2.75) is 75.3 Å². The minimum atomic E-state index is 0.407. The highest BCUT2D eigenvalue weighted by molar-refractivity contribution is 5.27. The van der Waals surface area contributed by atoms with E-state index in [2.05, 4.69) is 47.8 Å². The third-order valence-corrected chi connectivity index (χ3v) is 8.22. The number of aromatic nitrogens is 1. The van der Waals surface area contributed by atoms with Gasteiger partial charge in [0.25, 0.3) is 0 Å². The zero-order chi connectivity index (χ0) is 15.7. The van der Waals surface area contributed by atoms with Crippen LogP contribution in [0.4, 0.5) is 0 Å². The van der Waals surface area contributed by atoms with Crippen LogP contribution in [0.25, 0.3) is 0 Å². The van der Waals surface area contributed by atoms with Gasteiger partial charge in [0.15, 0.2) is 11.9 Å². The summed E-state index contributed by atoms with van der Waals surface area (Å²) in [7, 11) is 2.26. The summed E-state index contributed by atoms with van der Waals surface area (Å²) in [5.41, 5.74) is 2.58. The van der Waals surface area contributed by atoms with Crippen LogP contribution in [0.3, 0.4) is 0 Å². The van der Waals surface area contributed by atoms with E-state index in [0.29, 0.717) is 17.0 Å². The number of hydrogen-bond acceptors (Lipinski definition) is 1. The van der Waals surface area contributed by atoms with E-state index in [9.17, 15) is 0 Å². The normalized spacial score (nSPS) is 43.9. The summed E-state index contributed by atoms with van der Waals surface area (Å²) in [6, 6.07) is 7.56. The largest absolute Gasteiger partial charge is 0.293 e. The second-order valence-electron chi connectivity index (χ2n) is 9.05. The van der Waals surface area contributed by atoms with Gasteiger partial charge in [-0.15, -0.1) is 0 Å². The minimum absolute atomic E-state index is 0.407. The van der Waals surface area contributed by atoms with Crippen LogP contribution in [0.2, 0.25) is 0 Å². The van der Waals surface area contributed by atoms with Gasteiger partial charge in [0, 0.05) is 30.3 Å². The maximum Gasteiger partial charge on any atom is 0.188 e. The third-order valence-electron chi connectivity index (χ3n) is 8.22. The molecule has 5 aliphatic rings.